The molecule has 3 aliphatic heterocycles. The first-order valence-corrected chi connectivity index (χ1v) is 15.1. The van der Waals surface area contributed by atoms with E-state index in [1.54, 1.807) is 33.7 Å². The molecule has 3 aliphatic rings. The molecule has 3 unspecified atom stereocenters. The van der Waals surface area contributed by atoms with Gasteiger partial charge in [0.1, 0.15) is 6.04 Å². The van der Waals surface area contributed by atoms with Crippen LogP contribution in [0.25, 0.3) is 0 Å². The number of fused-ring (bicyclic) bond motifs is 1. The van der Waals surface area contributed by atoms with Crippen LogP contribution in [0.4, 0.5) is 0 Å². The summed E-state index contributed by atoms with van der Waals surface area (Å²) < 4.78 is 5.00. The van der Waals surface area contributed by atoms with Crippen molar-refractivity contribution in [1.29, 1.82) is 0 Å². The molecule has 3 fully saturated rings. The van der Waals surface area contributed by atoms with Crippen molar-refractivity contribution in [1.82, 2.24) is 9.80 Å². The molecule has 39 heavy (non-hydrogen) atoms. The van der Waals surface area contributed by atoms with Gasteiger partial charge >= 0.3 is 5.97 Å². The van der Waals surface area contributed by atoms with Crippen molar-refractivity contribution < 1.29 is 24.2 Å². The normalized spacial score (nSPS) is 28.8. The number of benzene rings is 1. The van der Waals surface area contributed by atoms with E-state index in [2.05, 4.69) is 20.1 Å². The Bertz CT molecular complexity index is 1050. The fourth-order valence-corrected chi connectivity index (χ4v) is 9.14. The van der Waals surface area contributed by atoms with Crippen LogP contribution >= 0.6 is 11.8 Å². The lowest BCUT2D eigenvalue weighted by molar-refractivity contribution is -0.154. The summed E-state index contributed by atoms with van der Waals surface area (Å²) in [6, 6.07) is 9.19. The summed E-state index contributed by atoms with van der Waals surface area (Å²) >= 11 is 1.67. The van der Waals surface area contributed by atoms with Crippen LogP contribution in [0.1, 0.15) is 51.0 Å². The number of aliphatic hydroxyl groups excluding tert-OH is 1. The molecule has 212 valence electrons. The fraction of sp³-hybridized carbons (Fsp3) is 0.581. The maximum Gasteiger partial charge on any atom is 0.310 e. The molecule has 1 aromatic carbocycles. The fourth-order valence-electron chi connectivity index (χ4n) is 6.74. The maximum absolute atomic E-state index is 14.5. The molecule has 3 saturated heterocycles. The van der Waals surface area contributed by atoms with Gasteiger partial charge in [0, 0.05) is 31.5 Å². The molecule has 0 radical (unpaired) electrons. The van der Waals surface area contributed by atoms with Gasteiger partial charge in [-0.1, -0.05) is 49.4 Å². The number of carbonyl (C=O) groups is 3. The van der Waals surface area contributed by atoms with Gasteiger partial charge in [0.25, 0.3) is 0 Å². The quantitative estimate of drug-likeness (QED) is 0.199. The van der Waals surface area contributed by atoms with Crippen LogP contribution in [0.15, 0.2) is 55.6 Å². The second-order valence-corrected chi connectivity index (χ2v) is 12.5. The zero-order valence-corrected chi connectivity index (χ0v) is 23.8. The Morgan fingerprint density at radius 3 is 2.64 bits per heavy atom. The van der Waals surface area contributed by atoms with Crippen molar-refractivity contribution in [2.45, 2.75) is 68.0 Å². The third-order valence-electron chi connectivity index (χ3n) is 8.48. The third-order valence-corrected chi connectivity index (χ3v) is 10.6. The number of esters is 1. The van der Waals surface area contributed by atoms with Crippen molar-refractivity contribution in [2.75, 3.05) is 26.3 Å². The van der Waals surface area contributed by atoms with Gasteiger partial charge in [-0.25, -0.2) is 0 Å². The average molecular weight is 555 g/mol. The van der Waals surface area contributed by atoms with Gasteiger partial charge in [-0.3, -0.25) is 14.4 Å². The first-order valence-electron chi connectivity index (χ1n) is 14.2. The summed E-state index contributed by atoms with van der Waals surface area (Å²) in [6.07, 6.45) is 7.88. The van der Waals surface area contributed by atoms with E-state index in [1.165, 1.54) is 0 Å². The van der Waals surface area contributed by atoms with Gasteiger partial charge in [-0.15, -0.1) is 24.9 Å². The van der Waals surface area contributed by atoms with Gasteiger partial charge in [-0.2, -0.15) is 0 Å². The number of likely N-dealkylation sites (tertiary alicyclic amines) is 1. The van der Waals surface area contributed by atoms with Crippen molar-refractivity contribution in [2.24, 2.45) is 17.8 Å². The van der Waals surface area contributed by atoms with Crippen molar-refractivity contribution in [3.63, 3.8) is 0 Å². The Balaban J connectivity index is 1.66. The molecule has 0 aliphatic carbocycles. The van der Waals surface area contributed by atoms with Crippen LogP contribution in [0, 0.1) is 17.8 Å². The van der Waals surface area contributed by atoms with E-state index in [4.69, 9.17) is 4.74 Å². The van der Waals surface area contributed by atoms with Gasteiger partial charge < -0.3 is 19.6 Å². The number of hydrogen-bond acceptors (Lipinski definition) is 6. The van der Waals surface area contributed by atoms with Crippen LogP contribution < -0.4 is 0 Å². The summed E-state index contributed by atoms with van der Waals surface area (Å²) in [7, 11) is 0. The van der Waals surface area contributed by atoms with Crippen LogP contribution in [0.3, 0.4) is 0 Å². The maximum atomic E-state index is 14.5. The van der Waals surface area contributed by atoms with Crippen LogP contribution in [0.2, 0.25) is 0 Å². The zero-order chi connectivity index (χ0) is 28.0. The standard InChI is InChI=1S/C31H42N2O5S/c1-4-6-13-19-38-30(37)25-24-20-22(3)31(39-24)26(25)28(35)33(17-11-8-12-18-34)27(31)29(36)32(16-5-2)21-23-14-9-7-10-15-23/h4-5,7,9-10,14-15,22,24-27,34H,1-2,6,8,11-13,16-21H2,3H3/t22?,24-,25+,26-,27?,31?/m0/s1. The largest absolute Gasteiger partial charge is 0.465 e. The Morgan fingerprint density at radius 1 is 1.18 bits per heavy atom. The number of carbonyl (C=O) groups excluding carboxylic acids is 3. The third kappa shape index (κ3) is 5.68. The van der Waals surface area contributed by atoms with E-state index in [9.17, 15) is 19.5 Å². The molecule has 6 atom stereocenters. The highest BCUT2D eigenvalue weighted by molar-refractivity contribution is 8.02. The zero-order valence-electron chi connectivity index (χ0n) is 23.0. The summed E-state index contributed by atoms with van der Waals surface area (Å²) in [5.74, 6) is -1.52. The molecule has 1 aromatic rings. The van der Waals surface area contributed by atoms with E-state index in [0.717, 1.165) is 24.8 Å². The summed E-state index contributed by atoms with van der Waals surface area (Å²) in [4.78, 5) is 45.6. The number of thioether (sulfide) groups is 1. The van der Waals surface area contributed by atoms with Crippen molar-refractivity contribution in [3.8, 4) is 0 Å². The molecule has 0 saturated carbocycles. The molecule has 2 amide bonds. The number of rotatable bonds is 15. The number of hydrogen-bond donors (Lipinski definition) is 1. The molecule has 4 rings (SSSR count). The van der Waals surface area contributed by atoms with Crippen LogP contribution in [-0.2, 0) is 25.7 Å². The van der Waals surface area contributed by atoms with Crippen LogP contribution in [-0.4, -0.2) is 75.0 Å². The second kappa shape index (κ2) is 13.2. The van der Waals surface area contributed by atoms with Crippen molar-refractivity contribution in [3.05, 3.63) is 61.2 Å². The van der Waals surface area contributed by atoms with Gasteiger partial charge in [0.05, 0.1) is 23.2 Å². The lowest BCUT2D eigenvalue weighted by Crippen LogP contribution is -2.57. The number of aliphatic hydroxyl groups is 1. The lowest BCUT2D eigenvalue weighted by atomic mass is 9.66. The number of unbranched alkanes of at least 4 members (excludes halogenated alkanes) is 3. The Hall–Kier alpha value is -2.58. The molecule has 0 aromatic heterocycles. The minimum Gasteiger partial charge on any atom is -0.465 e. The Labute approximate surface area is 236 Å². The Kier molecular flexibility index (Phi) is 9.94. The topological polar surface area (TPSA) is 87.2 Å². The van der Waals surface area contributed by atoms with Crippen molar-refractivity contribution >= 4 is 29.5 Å². The average Bonchev–Trinajstić information content (AvgIpc) is 3.52. The molecule has 7 nitrogen and oxygen atoms in total. The first-order chi connectivity index (χ1) is 18.9. The van der Waals surface area contributed by atoms with Gasteiger partial charge in [-0.05, 0) is 50.0 Å². The smallest absolute Gasteiger partial charge is 0.310 e. The predicted molar refractivity (Wildman–Crippen MR) is 154 cm³/mol. The minimum absolute atomic E-state index is 0.0327. The van der Waals surface area contributed by atoms with Gasteiger partial charge in [0.2, 0.25) is 11.8 Å². The Morgan fingerprint density at radius 2 is 1.95 bits per heavy atom. The molecule has 3 heterocycles. The second-order valence-electron chi connectivity index (χ2n) is 11.0. The lowest BCUT2D eigenvalue weighted by Gasteiger charge is -2.40. The highest BCUT2D eigenvalue weighted by atomic mass is 32.2. The molecule has 1 spiro atoms. The summed E-state index contributed by atoms with van der Waals surface area (Å²) in [6.45, 7) is 11.4. The number of ether oxygens (including phenoxy) is 1. The molecule has 8 heteroatoms. The monoisotopic (exact) mass is 554 g/mol. The van der Waals surface area contributed by atoms with Gasteiger partial charge in [0.15, 0.2) is 0 Å². The molecule has 1 N–H and O–H groups in total. The molecular formula is C31H42N2O5S. The van der Waals surface area contributed by atoms with E-state index in [1.807, 2.05) is 30.3 Å². The van der Waals surface area contributed by atoms with E-state index < -0.39 is 22.6 Å². The summed E-state index contributed by atoms with van der Waals surface area (Å²) in [5, 5.41) is 9.23. The highest BCUT2D eigenvalue weighted by Crippen LogP contribution is 2.68. The minimum atomic E-state index is -0.670. The van der Waals surface area contributed by atoms with E-state index in [0.29, 0.717) is 45.5 Å². The summed E-state index contributed by atoms with van der Waals surface area (Å²) in [5.41, 5.74) is 1.01. The SMILES string of the molecule is C=CCCCOC(=O)[C@@H]1[C@@H]2CC(C)C3(S2)C(C(=O)N(CC=C)Cc2ccccc2)N(CCCCCO)C(=O)[C@H]13. The highest BCUT2D eigenvalue weighted by Gasteiger charge is 2.76. The van der Waals surface area contributed by atoms with E-state index >= 15 is 0 Å². The number of nitrogens with zero attached hydrogens (tertiary/aromatic N) is 2. The van der Waals surface area contributed by atoms with E-state index in [-0.39, 0.29) is 35.6 Å². The van der Waals surface area contributed by atoms with Crippen LogP contribution in [0.5, 0.6) is 0 Å². The number of amides is 2. The molecule has 2 bridgehead atoms. The molecular weight excluding hydrogens is 512 g/mol. The number of allylic oxidation sites excluding steroid dienone is 1. The first kappa shape index (κ1) is 29.4. The predicted octanol–water partition coefficient (Wildman–Crippen LogP) is 4.21.